The number of amides is 2. The number of carbonyl (C=O) groups excluding carboxylic acids is 2. The van der Waals surface area contributed by atoms with E-state index in [0.29, 0.717) is 25.3 Å². The molecule has 0 saturated heterocycles. The van der Waals surface area contributed by atoms with Crippen molar-refractivity contribution in [2.24, 2.45) is 11.7 Å². The van der Waals surface area contributed by atoms with E-state index in [1.807, 2.05) is 12.1 Å². The summed E-state index contributed by atoms with van der Waals surface area (Å²) in [6.45, 7) is 0.519. The molecule has 1 fully saturated rings. The highest BCUT2D eigenvalue weighted by atomic mass is 79.9. The van der Waals surface area contributed by atoms with Crippen LogP contribution < -0.4 is 11.1 Å². The quantitative estimate of drug-likeness (QED) is 0.785. The van der Waals surface area contributed by atoms with Crippen molar-refractivity contribution in [1.82, 2.24) is 5.32 Å². The van der Waals surface area contributed by atoms with Crippen LogP contribution in [0.1, 0.15) is 30.7 Å². The molecule has 4 nitrogen and oxygen atoms in total. The van der Waals surface area contributed by atoms with E-state index in [1.54, 1.807) is 0 Å². The Hall–Kier alpha value is -1.36. The topological polar surface area (TPSA) is 72.2 Å². The lowest BCUT2D eigenvalue weighted by molar-refractivity contribution is -0.123. The number of primary amides is 1. The molecule has 1 aliphatic carbocycles. The average molecular weight is 325 g/mol. The van der Waals surface area contributed by atoms with Gasteiger partial charge >= 0.3 is 0 Å². The normalized spacial score (nSPS) is 20.9. The Morgan fingerprint density at radius 2 is 2.00 bits per heavy atom. The van der Waals surface area contributed by atoms with Crippen molar-refractivity contribution in [2.75, 3.05) is 6.54 Å². The van der Waals surface area contributed by atoms with E-state index in [4.69, 9.17) is 5.73 Å². The molecule has 2 amide bonds. The molecular weight excluding hydrogens is 308 g/mol. The molecule has 0 spiro atoms. The van der Waals surface area contributed by atoms with Gasteiger partial charge in [-0.05, 0) is 36.5 Å². The molecule has 1 aromatic carbocycles. The Bertz CT molecular complexity index is 473. The predicted octanol–water partition coefficient (Wildman–Crippen LogP) is 1.93. The Balaban J connectivity index is 1.74. The highest BCUT2D eigenvalue weighted by molar-refractivity contribution is 9.10. The largest absolute Gasteiger partial charge is 0.370 e. The molecule has 0 radical (unpaired) electrons. The predicted molar refractivity (Wildman–Crippen MR) is 76.4 cm³/mol. The fraction of sp³-hybridized carbons (Fsp3) is 0.429. The van der Waals surface area contributed by atoms with Gasteiger partial charge in [0.2, 0.25) is 11.8 Å². The Labute approximate surface area is 120 Å². The van der Waals surface area contributed by atoms with E-state index in [1.165, 1.54) is 5.56 Å². The zero-order valence-corrected chi connectivity index (χ0v) is 12.2. The van der Waals surface area contributed by atoms with Crippen LogP contribution in [0.4, 0.5) is 0 Å². The van der Waals surface area contributed by atoms with Gasteiger partial charge < -0.3 is 11.1 Å². The molecule has 5 heteroatoms. The van der Waals surface area contributed by atoms with Gasteiger partial charge in [0, 0.05) is 23.4 Å². The third-order valence-corrected chi connectivity index (χ3v) is 3.85. The summed E-state index contributed by atoms with van der Waals surface area (Å²) in [4.78, 5) is 22.4. The fourth-order valence-corrected chi connectivity index (χ4v) is 2.43. The van der Waals surface area contributed by atoms with E-state index in [0.717, 1.165) is 10.9 Å². The second-order valence-electron chi connectivity index (χ2n) is 4.86. The molecule has 1 aliphatic rings. The summed E-state index contributed by atoms with van der Waals surface area (Å²) >= 11 is 3.40. The van der Waals surface area contributed by atoms with Crippen molar-refractivity contribution < 1.29 is 9.59 Å². The lowest BCUT2D eigenvalue weighted by Crippen LogP contribution is -2.27. The Morgan fingerprint density at radius 3 is 2.63 bits per heavy atom. The van der Waals surface area contributed by atoms with Gasteiger partial charge in [0.15, 0.2) is 0 Å². The first-order valence-electron chi connectivity index (χ1n) is 6.39. The standard InChI is InChI=1S/C14H17BrN2O2/c15-10-5-3-9(4-6-10)11-8-12(11)14(19)17-7-1-2-13(16)18/h3-6,11-12H,1-2,7-8H2,(H2,16,18)(H,17,19)/t11-,12-/m0/s1. The van der Waals surface area contributed by atoms with Gasteiger partial charge in [-0.25, -0.2) is 0 Å². The van der Waals surface area contributed by atoms with Crippen LogP contribution in [0.15, 0.2) is 28.7 Å². The number of hydrogen-bond donors (Lipinski definition) is 2. The number of nitrogens with one attached hydrogen (secondary N) is 1. The molecule has 0 aliphatic heterocycles. The summed E-state index contributed by atoms with van der Waals surface area (Å²) in [5.74, 6) is 0.171. The molecule has 0 aromatic heterocycles. The molecular formula is C14H17BrN2O2. The lowest BCUT2D eigenvalue weighted by Gasteiger charge is -2.04. The van der Waals surface area contributed by atoms with Gasteiger partial charge in [0.05, 0.1) is 0 Å². The monoisotopic (exact) mass is 324 g/mol. The summed E-state index contributed by atoms with van der Waals surface area (Å²) in [7, 11) is 0. The molecule has 1 saturated carbocycles. The van der Waals surface area contributed by atoms with Gasteiger partial charge in [-0.1, -0.05) is 28.1 Å². The first-order valence-corrected chi connectivity index (χ1v) is 7.18. The number of carbonyl (C=O) groups is 2. The highest BCUT2D eigenvalue weighted by Crippen LogP contribution is 2.47. The zero-order chi connectivity index (χ0) is 13.8. The third-order valence-electron chi connectivity index (χ3n) is 3.32. The van der Waals surface area contributed by atoms with Gasteiger partial charge in [-0.15, -0.1) is 0 Å². The van der Waals surface area contributed by atoms with Crippen LogP contribution in [0.3, 0.4) is 0 Å². The van der Waals surface area contributed by atoms with Crippen molar-refractivity contribution >= 4 is 27.7 Å². The maximum Gasteiger partial charge on any atom is 0.223 e. The second-order valence-corrected chi connectivity index (χ2v) is 5.78. The van der Waals surface area contributed by atoms with Crippen LogP contribution in [-0.2, 0) is 9.59 Å². The van der Waals surface area contributed by atoms with Gasteiger partial charge in [0.25, 0.3) is 0 Å². The zero-order valence-electron chi connectivity index (χ0n) is 10.6. The van der Waals surface area contributed by atoms with Crippen molar-refractivity contribution in [3.05, 3.63) is 34.3 Å². The van der Waals surface area contributed by atoms with E-state index >= 15 is 0 Å². The van der Waals surface area contributed by atoms with Crippen LogP contribution in [0.2, 0.25) is 0 Å². The summed E-state index contributed by atoms with van der Waals surface area (Å²) in [5.41, 5.74) is 6.25. The van der Waals surface area contributed by atoms with Crippen LogP contribution in [0, 0.1) is 5.92 Å². The molecule has 1 aromatic rings. The SMILES string of the molecule is NC(=O)CCCNC(=O)[C@H]1C[C@H]1c1ccc(Br)cc1. The number of benzene rings is 1. The van der Waals surface area contributed by atoms with Crippen molar-refractivity contribution in [3.8, 4) is 0 Å². The van der Waals surface area contributed by atoms with E-state index in [-0.39, 0.29) is 17.7 Å². The lowest BCUT2D eigenvalue weighted by atomic mass is 10.1. The van der Waals surface area contributed by atoms with Gasteiger partial charge in [0.1, 0.15) is 0 Å². The average Bonchev–Trinajstić information content (AvgIpc) is 3.15. The van der Waals surface area contributed by atoms with Crippen LogP contribution in [0.25, 0.3) is 0 Å². The van der Waals surface area contributed by atoms with Crippen LogP contribution in [0.5, 0.6) is 0 Å². The summed E-state index contributed by atoms with van der Waals surface area (Å²) in [6.07, 6.45) is 1.83. The Morgan fingerprint density at radius 1 is 1.32 bits per heavy atom. The molecule has 3 N–H and O–H groups in total. The van der Waals surface area contributed by atoms with Crippen molar-refractivity contribution in [2.45, 2.75) is 25.2 Å². The van der Waals surface area contributed by atoms with E-state index in [9.17, 15) is 9.59 Å². The summed E-state index contributed by atoms with van der Waals surface area (Å²) < 4.78 is 1.05. The fourth-order valence-electron chi connectivity index (χ4n) is 2.17. The van der Waals surface area contributed by atoms with E-state index < -0.39 is 0 Å². The minimum Gasteiger partial charge on any atom is -0.370 e. The minimum absolute atomic E-state index is 0.0785. The molecule has 0 unspecified atom stereocenters. The minimum atomic E-state index is -0.326. The molecule has 2 rings (SSSR count). The smallest absolute Gasteiger partial charge is 0.223 e. The first kappa shape index (κ1) is 14.1. The molecule has 102 valence electrons. The maximum atomic E-state index is 11.9. The number of halogens is 1. The highest BCUT2D eigenvalue weighted by Gasteiger charge is 2.43. The summed E-state index contributed by atoms with van der Waals surface area (Å²) in [5, 5.41) is 2.86. The third kappa shape index (κ3) is 4.06. The second kappa shape index (κ2) is 6.19. The number of nitrogens with two attached hydrogens (primary N) is 1. The number of rotatable bonds is 6. The maximum absolute atomic E-state index is 11.9. The molecule has 2 atom stereocenters. The molecule has 0 heterocycles. The van der Waals surface area contributed by atoms with Gasteiger partial charge in [-0.3, -0.25) is 9.59 Å². The van der Waals surface area contributed by atoms with Crippen molar-refractivity contribution in [3.63, 3.8) is 0 Å². The first-order chi connectivity index (χ1) is 9.08. The Kier molecular flexibility index (Phi) is 4.58. The molecule has 19 heavy (non-hydrogen) atoms. The van der Waals surface area contributed by atoms with Gasteiger partial charge in [-0.2, -0.15) is 0 Å². The van der Waals surface area contributed by atoms with Crippen LogP contribution >= 0.6 is 15.9 Å². The van der Waals surface area contributed by atoms with Crippen LogP contribution in [-0.4, -0.2) is 18.4 Å². The molecule has 0 bridgehead atoms. The summed E-state index contributed by atoms with van der Waals surface area (Å²) in [6, 6.07) is 8.09. The van der Waals surface area contributed by atoms with Crippen molar-refractivity contribution in [1.29, 1.82) is 0 Å². The van der Waals surface area contributed by atoms with E-state index in [2.05, 4.69) is 33.4 Å². The number of hydrogen-bond acceptors (Lipinski definition) is 2.